The second-order valence-corrected chi connectivity index (χ2v) is 4.11. The van der Waals surface area contributed by atoms with E-state index in [1.54, 1.807) is 6.07 Å². The van der Waals surface area contributed by atoms with Crippen LogP contribution in [0, 0.1) is 11.3 Å². The van der Waals surface area contributed by atoms with Gasteiger partial charge in [-0.3, -0.25) is 0 Å². The lowest BCUT2D eigenvalue weighted by Crippen LogP contribution is -2.25. The van der Waals surface area contributed by atoms with E-state index in [9.17, 15) is 0 Å². The summed E-state index contributed by atoms with van der Waals surface area (Å²) in [6, 6.07) is 9.47. The molecule has 1 aromatic carbocycles. The quantitative estimate of drug-likeness (QED) is 0.725. The first kappa shape index (κ1) is 13.5. The molecule has 0 aliphatic carbocycles. The molecule has 3 heteroatoms. The molecule has 3 nitrogen and oxygen atoms in total. The van der Waals surface area contributed by atoms with Crippen LogP contribution < -0.4 is 4.74 Å². The van der Waals surface area contributed by atoms with Crippen LogP contribution in [0.4, 0.5) is 0 Å². The maximum absolute atomic E-state index is 8.90. The molecule has 0 amide bonds. The topological polar surface area (TPSA) is 36.3 Å². The van der Waals surface area contributed by atoms with Gasteiger partial charge in [0.15, 0.2) is 0 Å². The second-order valence-electron chi connectivity index (χ2n) is 4.11. The summed E-state index contributed by atoms with van der Waals surface area (Å²) >= 11 is 0. The van der Waals surface area contributed by atoms with Crippen molar-refractivity contribution in [1.82, 2.24) is 4.90 Å². The van der Waals surface area contributed by atoms with Crippen LogP contribution in [0.5, 0.6) is 5.75 Å². The SMILES string of the molecule is CCCCN(C)CCOc1ccccc1C#N. The Morgan fingerprint density at radius 3 is 2.76 bits per heavy atom. The van der Waals surface area contributed by atoms with Gasteiger partial charge in [-0.05, 0) is 32.1 Å². The van der Waals surface area contributed by atoms with Crippen molar-refractivity contribution < 1.29 is 4.74 Å². The molecule has 0 spiro atoms. The second kappa shape index (κ2) is 7.70. The maximum atomic E-state index is 8.90. The molecule has 1 rings (SSSR count). The predicted octanol–water partition coefficient (Wildman–Crippen LogP) is 2.67. The van der Waals surface area contributed by atoms with E-state index < -0.39 is 0 Å². The maximum Gasteiger partial charge on any atom is 0.137 e. The van der Waals surface area contributed by atoms with E-state index in [-0.39, 0.29) is 0 Å². The van der Waals surface area contributed by atoms with Crippen LogP contribution >= 0.6 is 0 Å². The van der Waals surface area contributed by atoms with Crippen LogP contribution in [0.15, 0.2) is 24.3 Å². The summed E-state index contributed by atoms with van der Waals surface area (Å²) in [5.74, 6) is 0.680. The van der Waals surface area contributed by atoms with Gasteiger partial charge >= 0.3 is 0 Å². The monoisotopic (exact) mass is 232 g/mol. The molecule has 0 atom stereocenters. The normalized spacial score (nSPS) is 10.2. The highest BCUT2D eigenvalue weighted by molar-refractivity contribution is 5.42. The number of hydrogen-bond acceptors (Lipinski definition) is 3. The molecule has 0 saturated carbocycles. The van der Waals surface area contributed by atoms with Crippen LogP contribution in [0.3, 0.4) is 0 Å². The van der Waals surface area contributed by atoms with E-state index in [1.165, 1.54) is 12.8 Å². The average Bonchev–Trinajstić information content (AvgIpc) is 2.37. The smallest absolute Gasteiger partial charge is 0.137 e. The number of hydrogen-bond donors (Lipinski definition) is 0. The molecule has 0 saturated heterocycles. The van der Waals surface area contributed by atoms with Gasteiger partial charge in [-0.2, -0.15) is 5.26 Å². The van der Waals surface area contributed by atoms with Crippen LogP contribution in [-0.4, -0.2) is 31.6 Å². The Kier molecular flexibility index (Phi) is 6.13. The Balaban J connectivity index is 2.33. The molecule has 92 valence electrons. The van der Waals surface area contributed by atoms with Gasteiger partial charge in [0.2, 0.25) is 0 Å². The molecular formula is C14H20N2O. The third kappa shape index (κ3) is 4.88. The number of ether oxygens (including phenoxy) is 1. The fourth-order valence-electron chi connectivity index (χ4n) is 1.54. The third-order valence-corrected chi connectivity index (χ3v) is 2.63. The van der Waals surface area contributed by atoms with Crippen molar-refractivity contribution >= 4 is 0 Å². The van der Waals surface area contributed by atoms with Crippen molar-refractivity contribution in [3.05, 3.63) is 29.8 Å². The standard InChI is InChI=1S/C14H20N2O/c1-3-4-9-16(2)10-11-17-14-8-6-5-7-13(14)12-15/h5-8H,3-4,9-11H2,1-2H3. The lowest BCUT2D eigenvalue weighted by molar-refractivity contribution is 0.235. The minimum Gasteiger partial charge on any atom is -0.491 e. The fourth-order valence-corrected chi connectivity index (χ4v) is 1.54. The Morgan fingerprint density at radius 1 is 1.29 bits per heavy atom. The molecule has 0 radical (unpaired) electrons. The fraction of sp³-hybridized carbons (Fsp3) is 0.500. The van der Waals surface area contributed by atoms with Gasteiger partial charge in [-0.15, -0.1) is 0 Å². The van der Waals surface area contributed by atoms with E-state index in [0.29, 0.717) is 17.9 Å². The van der Waals surface area contributed by atoms with Crippen LogP contribution in [0.1, 0.15) is 25.3 Å². The van der Waals surface area contributed by atoms with Crippen LogP contribution in [0.25, 0.3) is 0 Å². The molecule has 1 aromatic rings. The highest BCUT2D eigenvalue weighted by Crippen LogP contribution is 2.16. The largest absolute Gasteiger partial charge is 0.491 e. The molecule has 17 heavy (non-hydrogen) atoms. The number of nitriles is 1. The van der Waals surface area contributed by atoms with Gasteiger partial charge in [0.05, 0.1) is 5.56 Å². The molecule has 0 bridgehead atoms. The molecule has 0 heterocycles. The predicted molar refractivity (Wildman–Crippen MR) is 69.1 cm³/mol. The van der Waals surface area contributed by atoms with Gasteiger partial charge in [0.25, 0.3) is 0 Å². The number of unbranched alkanes of at least 4 members (excludes halogenated alkanes) is 1. The Bertz CT molecular complexity index is 371. The summed E-state index contributed by atoms with van der Waals surface area (Å²) in [6.07, 6.45) is 2.42. The number of para-hydroxylation sites is 1. The Hall–Kier alpha value is -1.53. The number of nitrogens with zero attached hydrogens (tertiary/aromatic N) is 2. The van der Waals surface area contributed by atoms with E-state index in [4.69, 9.17) is 10.00 Å². The zero-order chi connectivity index (χ0) is 12.5. The summed E-state index contributed by atoms with van der Waals surface area (Å²) < 4.78 is 5.61. The van der Waals surface area contributed by atoms with Crippen LogP contribution in [0.2, 0.25) is 0 Å². The first-order valence-corrected chi connectivity index (χ1v) is 6.08. The highest BCUT2D eigenvalue weighted by Gasteiger charge is 2.02. The summed E-state index contributed by atoms with van der Waals surface area (Å²) in [5, 5.41) is 8.90. The first-order valence-electron chi connectivity index (χ1n) is 6.08. The van der Waals surface area contributed by atoms with Gasteiger partial charge in [-0.1, -0.05) is 25.5 Å². The first-order chi connectivity index (χ1) is 8.27. The van der Waals surface area contributed by atoms with Crippen molar-refractivity contribution in [1.29, 1.82) is 5.26 Å². The summed E-state index contributed by atoms with van der Waals surface area (Å²) in [4.78, 5) is 2.25. The van der Waals surface area contributed by atoms with Crippen molar-refractivity contribution in [2.24, 2.45) is 0 Å². The number of benzene rings is 1. The van der Waals surface area contributed by atoms with Crippen molar-refractivity contribution in [2.45, 2.75) is 19.8 Å². The summed E-state index contributed by atoms with van der Waals surface area (Å²) in [7, 11) is 2.09. The van der Waals surface area contributed by atoms with Gasteiger partial charge in [0.1, 0.15) is 18.4 Å². The third-order valence-electron chi connectivity index (χ3n) is 2.63. The molecule has 0 fully saturated rings. The minimum absolute atomic E-state index is 0.601. The summed E-state index contributed by atoms with van der Waals surface area (Å²) in [5.41, 5.74) is 0.601. The molecule has 0 aromatic heterocycles. The van der Waals surface area contributed by atoms with Gasteiger partial charge in [-0.25, -0.2) is 0 Å². The molecular weight excluding hydrogens is 212 g/mol. The molecule has 0 unspecified atom stereocenters. The van der Waals surface area contributed by atoms with E-state index in [1.807, 2.05) is 18.2 Å². The van der Waals surface area contributed by atoms with Gasteiger partial charge in [0, 0.05) is 6.54 Å². The molecule has 0 aliphatic heterocycles. The Morgan fingerprint density at radius 2 is 2.06 bits per heavy atom. The minimum atomic E-state index is 0.601. The van der Waals surface area contributed by atoms with Crippen molar-refractivity contribution in [3.63, 3.8) is 0 Å². The zero-order valence-electron chi connectivity index (χ0n) is 10.6. The molecule has 0 N–H and O–H groups in total. The lowest BCUT2D eigenvalue weighted by Gasteiger charge is -2.16. The van der Waals surface area contributed by atoms with Crippen molar-refractivity contribution in [2.75, 3.05) is 26.7 Å². The number of likely N-dealkylation sites (N-methyl/N-ethyl adjacent to an activating group) is 1. The highest BCUT2D eigenvalue weighted by atomic mass is 16.5. The van der Waals surface area contributed by atoms with E-state index in [2.05, 4.69) is 24.9 Å². The van der Waals surface area contributed by atoms with Crippen molar-refractivity contribution in [3.8, 4) is 11.8 Å². The number of rotatable bonds is 7. The van der Waals surface area contributed by atoms with E-state index in [0.717, 1.165) is 13.1 Å². The molecule has 0 aliphatic rings. The van der Waals surface area contributed by atoms with Crippen LogP contribution in [-0.2, 0) is 0 Å². The van der Waals surface area contributed by atoms with Gasteiger partial charge < -0.3 is 9.64 Å². The Labute approximate surface area is 104 Å². The summed E-state index contributed by atoms with van der Waals surface area (Å²) in [6.45, 7) is 4.80. The van der Waals surface area contributed by atoms with E-state index >= 15 is 0 Å². The lowest BCUT2D eigenvalue weighted by atomic mass is 10.2. The zero-order valence-corrected chi connectivity index (χ0v) is 10.6. The average molecular weight is 232 g/mol.